The molecule has 1 aliphatic heterocycles. The number of ether oxygens (including phenoxy) is 1. The van der Waals surface area contributed by atoms with E-state index in [1.54, 1.807) is 11.0 Å². The first-order valence-corrected chi connectivity index (χ1v) is 5.26. The van der Waals surface area contributed by atoms with E-state index in [0.717, 1.165) is 4.90 Å². The van der Waals surface area contributed by atoms with Gasteiger partial charge in [0, 0.05) is 0 Å². The van der Waals surface area contributed by atoms with Crippen LogP contribution in [0.2, 0.25) is 0 Å². The van der Waals surface area contributed by atoms with Crippen molar-refractivity contribution in [3.63, 3.8) is 0 Å². The smallest absolute Gasteiger partial charge is 0.416 e. The minimum atomic E-state index is -0.548. The zero-order chi connectivity index (χ0) is 12.3. The lowest BCUT2D eigenvalue weighted by molar-refractivity contribution is -0.133. The number of nitrogens with zero attached hydrogens (tertiary/aromatic N) is 2. The first kappa shape index (κ1) is 12.7. The lowest BCUT2D eigenvalue weighted by atomic mass is 10.00. The molecule has 0 N–H and O–H groups in total. The normalized spacial score (nSPS) is 19.5. The molecular formula is C11H18N2O3. The van der Waals surface area contributed by atoms with Gasteiger partial charge in [-0.1, -0.05) is 13.0 Å². The summed E-state index contributed by atoms with van der Waals surface area (Å²) in [6.45, 7) is 6.20. The van der Waals surface area contributed by atoms with Crippen LogP contribution >= 0.6 is 0 Å². The molecule has 0 aromatic carbocycles. The molecule has 1 saturated heterocycles. The maximum atomic E-state index is 12.1. The Labute approximate surface area is 95.6 Å². The Hall–Kier alpha value is -1.36. The Bertz CT molecular complexity index is 302. The van der Waals surface area contributed by atoms with Gasteiger partial charge in [-0.15, -0.1) is 6.58 Å². The first-order valence-electron chi connectivity index (χ1n) is 5.26. The largest absolute Gasteiger partial charge is 0.447 e. The highest BCUT2D eigenvalue weighted by Crippen LogP contribution is 2.15. The van der Waals surface area contributed by atoms with E-state index in [1.807, 2.05) is 21.0 Å². The highest BCUT2D eigenvalue weighted by atomic mass is 16.6. The van der Waals surface area contributed by atoms with Crippen molar-refractivity contribution in [1.82, 2.24) is 9.80 Å². The Morgan fingerprint density at radius 2 is 2.25 bits per heavy atom. The van der Waals surface area contributed by atoms with Gasteiger partial charge in [-0.05, 0) is 20.0 Å². The molecule has 0 aromatic rings. The van der Waals surface area contributed by atoms with Crippen molar-refractivity contribution in [2.75, 3.05) is 27.2 Å². The highest BCUT2D eigenvalue weighted by molar-refractivity contribution is 5.96. The Kier molecular flexibility index (Phi) is 4.06. The number of imide groups is 1. The molecule has 0 bridgehead atoms. The topological polar surface area (TPSA) is 49.9 Å². The summed E-state index contributed by atoms with van der Waals surface area (Å²) >= 11 is 0. The number of amides is 2. The molecule has 0 radical (unpaired) electrons. The molecule has 1 rings (SSSR count). The predicted octanol–water partition coefficient (Wildman–Crippen LogP) is 0.718. The van der Waals surface area contributed by atoms with Crippen LogP contribution in [0.1, 0.15) is 6.92 Å². The summed E-state index contributed by atoms with van der Waals surface area (Å²) in [4.78, 5) is 26.4. The van der Waals surface area contributed by atoms with Crippen molar-refractivity contribution in [1.29, 1.82) is 0 Å². The van der Waals surface area contributed by atoms with Crippen molar-refractivity contribution < 1.29 is 14.3 Å². The number of hydrogen-bond acceptors (Lipinski definition) is 4. The third kappa shape index (κ3) is 2.41. The molecule has 0 unspecified atom stereocenters. The number of hydrogen-bond donors (Lipinski definition) is 0. The van der Waals surface area contributed by atoms with Crippen LogP contribution in [-0.2, 0) is 9.53 Å². The molecule has 2 atom stereocenters. The third-order valence-corrected chi connectivity index (χ3v) is 2.71. The van der Waals surface area contributed by atoms with E-state index in [1.165, 1.54) is 0 Å². The molecular weight excluding hydrogens is 208 g/mol. The average molecular weight is 226 g/mol. The van der Waals surface area contributed by atoms with Crippen LogP contribution in [0.3, 0.4) is 0 Å². The van der Waals surface area contributed by atoms with E-state index in [2.05, 4.69) is 6.58 Å². The van der Waals surface area contributed by atoms with Gasteiger partial charge < -0.3 is 4.74 Å². The van der Waals surface area contributed by atoms with Gasteiger partial charge in [0.15, 0.2) is 0 Å². The summed E-state index contributed by atoms with van der Waals surface area (Å²) in [5.74, 6) is -0.240. The molecule has 0 aliphatic carbocycles. The summed E-state index contributed by atoms with van der Waals surface area (Å²) in [5.41, 5.74) is 0. The van der Waals surface area contributed by atoms with Gasteiger partial charge in [0.25, 0.3) is 0 Å². The van der Waals surface area contributed by atoms with Crippen LogP contribution in [0, 0.1) is 5.92 Å². The summed E-state index contributed by atoms with van der Waals surface area (Å²) in [7, 11) is 3.62. The van der Waals surface area contributed by atoms with Crippen LogP contribution < -0.4 is 0 Å². The van der Waals surface area contributed by atoms with E-state index in [4.69, 9.17) is 4.74 Å². The Morgan fingerprint density at radius 3 is 2.62 bits per heavy atom. The van der Waals surface area contributed by atoms with Crippen molar-refractivity contribution in [2.45, 2.75) is 13.0 Å². The van der Waals surface area contributed by atoms with Crippen molar-refractivity contribution in [3.8, 4) is 0 Å². The second-order valence-electron chi connectivity index (χ2n) is 4.11. The second kappa shape index (κ2) is 5.12. The van der Waals surface area contributed by atoms with Gasteiger partial charge >= 0.3 is 6.09 Å². The zero-order valence-corrected chi connectivity index (χ0v) is 9.97. The maximum Gasteiger partial charge on any atom is 0.416 e. The SMILES string of the molecule is C=C[C@@H](C)[C@@H](C(=O)N1CCOC1=O)N(C)C. The number of carbonyl (C=O) groups is 2. The standard InChI is InChI=1S/C11H18N2O3/c1-5-8(2)9(12(3)4)10(14)13-6-7-16-11(13)15/h5,8-9H,1,6-7H2,2-4H3/t8-,9+/m1/s1. The lowest BCUT2D eigenvalue weighted by Gasteiger charge is -2.29. The van der Waals surface area contributed by atoms with E-state index >= 15 is 0 Å². The van der Waals surface area contributed by atoms with Gasteiger partial charge in [0.1, 0.15) is 6.61 Å². The van der Waals surface area contributed by atoms with Gasteiger partial charge in [-0.2, -0.15) is 0 Å². The molecule has 90 valence electrons. The number of rotatable bonds is 4. The highest BCUT2D eigenvalue weighted by Gasteiger charge is 2.36. The van der Waals surface area contributed by atoms with Gasteiger partial charge in [0.05, 0.1) is 12.6 Å². The van der Waals surface area contributed by atoms with E-state index < -0.39 is 6.09 Å². The molecule has 2 amide bonds. The molecule has 5 nitrogen and oxygen atoms in total. The van der Waals surface area contributed by atoms with Gasteiger partial charge in [0.2, 0.25) is 5.91 Å². The fraction of sp³-hybridized carbons (Fsp3) is 0.636. The number of carbonyl (C=O) groups excluding carboxylic acids is 2. The summed E-state index contributed by atoms with van der Waals surface area (Å²) in [6, 6.07) is -0.372. The van der Waals surface area contributed by atoms with Crippen LogP contribution in [-0.4, -0.2) is 55.1 Å². The molecule has 0 aromatic heterocycles. The number of likely N-dealkylation sites (N-methyl/N-ethyl adjacent to an activating group) is 1. The molecule has 0 saturated carbocycles. The fourth-order valence-corrected chi connectivity index (χ4v) is 1.80. The molecule has 16 heavy (non-hydrogen) atoms. The van der Waals surface area contributed by atoms with Crippen molar-refractivity contribution in [2.24, 2.45) is 5.92 Å². The fourth-order valence-electron chi connectivity index (χ4n) is 1.80. The predicted molar refractivity (Wildman–Crippen MR) is 59.9 cm³/mol. The van der Waals surface area contributed by atoms with E-state index in [9.17, 15) is 9.59 Å². The van der Waals surface area contributed by atoms with Crippen LogP contribution in [0.4, 0.5) is 4.79 Å². The average Bonchev–Trinajstić information content (AvgIpc) is 2.63. The van der Waals surface area contributed by atoms with Crippen LogP contribution in [0.5, 0.6) is 0 Å². The van der Waals surface area contributed by atoms with Gasteiger partial charge in [-0.25, -0.2) is 9.69 Å². The molecule has 1 aliphatic rings. The van der Waals surface area contributed by atoms with Crippen molar-refractivity contribution >= 4 is 12.0 Å². The first-order chi connectivity index (χ1) is 7.49. The maximum absolute atomic E-state index is 12.1. The summed E-state index contributed by atoms with van der Waals surface area (Å²) in [6.07, 6.45) is 1.16. The molecule has 0 spiro atoms. The monoisotopic (exact) mass is 226 g/mol. The summed E-state index contributed by atoms with van der Waals surface area (Å²) in [5, 5.41) is 0. The minimum absolute atomic E-state index is 0.0177. The van der Waals surface area contributed by atoms with E-state index in [0.29, 0.717) is 6.54 Å². The van der Waals surface area contributed by atoms with E-state index in [-0.39, 0.29) is 24.5 Å². The Balaban J connectivity index is 2.82. The van der Waals surface area contributed by atoms with Crippen molar-refractivity contribution in [3.05, 3.63) is 12.7 Å². The Morgan fingerprint density at radius 1 is 1.62 bits per heavy atom. The number of cyclic esters (lactones) is 1. The minimum Gasteiger partial charge on any atom is -0.447 e. The quantitative estimate of drug-likeness (QED) is 0.663. The molecule has 1 fully saturated rings. The van der Waals surface area contributed by atoms with Gasteiger partial charge in [-0.3, -0.25) is 9.69 Å². The third-order valence-electron chi connectivity index (χ3n) is 2.71. The van der Waals surface area contributed by atoms with Crippen LogP contribution in [0.15, 0.2) is 12.7 Å². The molecule has 5 heteroatoms. The zero-order valence-electron chi connectivity index (χ0n) is 9.97. The molecule has 1 heterocycles. The lowest BCUT2D eigenvalue weighted by Crippen LogP contribution is -2.49. The van der Waals surface area contributed by atoms with Crippen LogP contribution in [0.25, 0.3) is 0 Å². The summed E-state index contributed by atoms with van der Waals surface area (Å²) < 4.78 is 4.75. The second-order valence-corrected chi connectivity index (χ2v) is 4.11.